The Hall–Kier alpha value is -3.71. The highest BCUT2D eigenvalue weighted by Crippen LogP contribution is 2.31. The summed E-state index contributed by atoms with van der Waals surface area (Å²) in [6.45, 7) is 1.84. The first-order chi connectivity index (χ1) is 15.6. The number of nitrogens with one attached hydrogen (secondary N) is 2. The smallest absolute Gasteiger partial charge is 0.165 e. The molecule has 1 fully saturated rings. The van der Waals surface area contributed by atoms with E-state index in [1.807, 2.05) is 54.6 Å². The SMILES string of the molecule is COc1ccccc1.Oc1ccc(F)cc1-c1nc(NC2CCNC2)c2ccccc2n1. The maximum absolute atomic E-state index is 13.6. The molecule has 6 nitrogen and oxygen atoms in total. The number of aromatic hydroxyl groups is 1. The van der Waals surface area contributed by atoms with Gasteiger partial charge in [0.1, 0.15) is 23.1 Å². The number of phenols is 1. The molecule has 1 unspecified atom stereocenters. The lowest BCUT2D eigenvalue weighted by molar-refractivity contribution is 0.415. The summed E-state index contributed by atoms with van der Waals surface area (Å²) in [6.07, 6.45) is 1.01. The van der Waals surface area contributed by atoms with E-state index < -0.39 is 5.82 Å². The fourth-order valence-corrected chi connectivity index (χ4v) is 3.52. The van der Waals surface area contributed by atoms with Crippen LogP contribution in [-0.4, -0.2) is 41.3 Å². The molecule has 4 aromatic rings. The second kappa shape index (κ2) is 10.1. The summed E-state index contributed by atoms with van der Waals surface area (Å²) in [7, 11) is 1.66. The summed E-state index contributed by atoms with van der Waals surface area (Å²) in [5.74, 6) is 1.44. The number of phenolic OH excluding ortho intramolecular Hbond substituents is 1. The summed E-state index contributed by atoms with van der Waals surface area (Å²) in [5, 5.41) is 17.7. The van der Waals surface area contributed by atoms with E-state index in [0.717, 1.165) is 36.2 Å². The summed E-state index contributed by atoms with van der Waals surface area (Å²) in [6, 6.07) is 21.4. The monoisotopic (exact) mass is 432 g/mol. The Labute approximate surface area is 186 Å². The van der Waals surface area contributed by atoms with Crippen LogP contribution in [0.2, 0.25) is 0 Å². The number of ether oxygens (including phenoxy) is 1. The number of hydrogen-bond acceptors (Lipinski definition) is 6. The molecule has 32 heavy (non-hydrogen) atoms. The molecule has 0 spiro atoms. The van der Waals surface area contributed by atoms with Gasteiger partial charge >= 0.3 is 0 Å². The van der Waals surface area contributed by atoms with Crippen molar-refractivity contribution in [3.05, 3.63) is 78.6 Å². The molecule has 1 aliphatic heterocycles. The van der Waals surface area contributed by atoms with E-state index in [9.17, 15) is 9.50 Å². The van der Waals surface area contributed by atoms with Crippen LogP contribution in [0.3, 0.4) is 0 Å². The minimum Gasteiger partial charge on any atom is -0.507 e. The number of rotatable bonds is 4. The molecular weight excluding hydrogens is 407 g/mol. The van der Waals surface area contributed by atoms with Crippen LogP contribution in [0.25, 0.3) is 22.3 Å². The minimum atomic E-state index is -0.436. The number of hydrogen-bond donors (Lipinski definition) is 3. The number of fused-ring (bicyclic) bond motifs is 1. The van der Waals surface area contributed by atoms with Crippen molar-refractivity contribution in [2.45, 2.75) is 12.5 Å². The molecule has 0 bridgehead atoms. The number of halogens is 1. The average molecular weight is 432 g/mol. The third-order valence-corrected chi connectivity index (χ3v) is 5.18. The summed E-state index contributed by atoms with van der Waals surface area (Å²) in [4.78, 5) is 9.05. The molecule has 164 valence electrons. The van der Waals surface area contributed by atoms with E-state index in [-0.39, 0.29) is 17.4 Å². The van der Waals surface area contributed by atoms with Crippen LogP contribution in [0.15, 0.2) is 72.8 Å². The standard InChI is InChI=1S/C18H17FN4O.C7H8O/c19-11-5-6-16(24)14(9-11)18-22-15-4-2-1-3-13(15)17(23-18)21-12-7-8-20-10-12;1-8-7-5-3-2-4-6-7/h1-6,9,12,20,24H,7-8,10H2,(H,21,22,23);2-6H,1H3. The van der Waals surface area contributed by atoms with Crippen molar-refractivity contribution in [3.8, 4) is 22.9 Å². The lowest BCUT2D eigenvalue weighted by Gasteiger charge is -2.15. The van der Waals surface area contributed by atoms with Crippen molar-refractivity contribution < 1.29 is 14.2 Å². The van der Waals surface area contributed by atoms with Crippen LogP contribution in [-0.2, 0) is 0 Å². The number of aromatic nitrogens is 2. The first kappa shape index (κ1) is 21.5. The molecule has 3 N–H and O–H groups in total. The van der Waals surface area contributed by atoms with Gasteiger partial charge in [-0.1, -0.05) is 30.3 Å². The molecule has 1 atom stereocenters. The van der Waals surface area contributed by atoms with E-state index >= 15 is 0 Å². The number of methoxy groups -OCH3 is 1. The van der Waals surface area contributed by atoms with Crippen LogP contribution >= 0.6 is 0 Å². The fourth-order valence-electron chi connectivity index (χ4n) is 3.52. The van der Waals surface area contributed by atoms with Crippen molar-refractivity contribution in [3.63, 3.8) is 0 Å². The highest BCUT2D eigenvalue weighted by molar-refractivity contribution is 5.91. The topological polar surface area (TPSA) is 79.3 Å². The van der Waals surface area contributed by atoms with Gasteiger partial charge in [0.25, 0.3) is 0 Å². The molecule has 0 radical (unpaired) electrons. The molecule has 3 aromatic carbocycles. The minimum absolute atomic E-state index is 0.0415. The number of anilines is 1. The van der Waals surface area contributed by atoms with Gasteiger partial charge in [-0.3, -0.25) is 0 Å². The second-order valence-corrected chi connectivity index (χ2v) is 7.43. The number of nitrogens with zero attached hydrogens (tertiary/aromatic N) is 2. The molecule has 1 aromatic heterocycles. The van der Waals surface area contributed by atoms with Gasteiger partial charge in [0.05, 0.1) is 18.2 Å². The zero-order chi connectivity index (χ0) is 22.3. The third kappa shape index (κ3) is 5.12. The maximum atomic E-state index is 13.6. The van der Waals surface area contributed by atoms with E-state index in [2.05, 4.69) is 20.6 Å². The van der Waals surface area contributed by atoms with Crippen molar-refractivity contribution in [1.29, 1.82) is 0 Å². The molecule has 1 saturated heterocycles. The first-order valence-corrected chi connectivity index (χ1v) is 10.5. The van der Waals surface area contributed by atoms with Crippen LogP contribution in [0.4, 0.5) is 10.2 Å². The van der Waals surface area contributed by atoms with Gasteiger partial charge < -0.3 is 20.5 Å². The van der Waals surface area contributed by atoms with E-state index in [4.69, 9.17) is 4.74 Å². The molecule has 5 rings (SSSR count). The lowest BCUT2D eigenvalue weighted by Crippen LogP contribution is -2.23. The maximum Gasteiger partial charge on any atom is 0.165 e. The van der Waals surface area contributed by atoms with Crippen molar-refractivity contribution in [2.24, 2.45) is 0 Å². The van der Waals surface area contributed by atoms with Gasteiger partial charge in [-0.25, -0.2) is 14.4 Å². The predicted molar refractivity (Wildman–Crippen MR) is 124 cm³/mol. The molecule has 2 heterocycles. The second-order valence-electron chi connectivity index (χ2n) is 7.43. The molecule has 7 heteroatoms. The van der Waals surface area contributed by atoms with Crippen LogP contribution in [0.5, 0.6) is 11.5 Å². The van der Waals surface area contributed by atoms with Gasteiger partial charge in [0.15, 0.2) is 5.82 Å². The first-order valence-electron chi connectivity index (χ1n) is 10.5. The Kier molecular flexibility index (Phi) is 6.77. The zero-order valence-corrected chi connectivity index (χ0v) is 17.8. The molecule has 0 saturated carbocycles. The molecule has 1 aliphatic rings. The van der Waals surface area contributed by atoms with Crippen LogP contribution in [0.1, 0.15) is 6.42 Å². The van der Waals surface area contributed by atoms with Gasteiger partial charge in [-0.2, -0.15) is 0 Å². The Morgan fingerprint density at radius 3 is 2.53 bits per heavy atom. The van der Waals surface area contributed by atoms with Crippen molar-refractivity contribution in [1.82, 2.24) is 15.3 Å². The average Bonchev–Trinajstić information content (AvgIpc) is 3.34. The lowest BCUT2D eigenvalue weighted by atomic mass is 10.1. The fraction of sp³-hybridized carbons (Fsp3) is 0.200. The third-order valence-electron chi connectivity index (χ3n) is 5.18. The quantitative estimate of drug-likeness (QED) is 0.437. The molecule has 0 aliphatic carbocycles. The zero-order valence-electron chi connectivity index (χ0n) is 17.8. The van der Waals surface area contributed by atoms with Crippen LogP contribution < -0.4 is 15.4 Å². The number of para-hydroxylation sites is 2. The van der Waals surface area contributed by atoms with E-state index in [1.54, 1.807) is 7.11 Å². The normalized spacial score (nSPS) is 15.1. The number of benzene rings is 3. The molecular formula is C25H25FN4O2. The Balaban J connectivity index is 0.000000260. The summed E-state index contributed by atoms with van der Waals surface area (Å²) in [5.41, 5.74) is 1.04. The summed E-state index contributed by atoms with van der Waals surface area (Å²) >= 11 is 0. The highest BCUT2D eigenvalue weighted by Gasteiger charge is 2.18. The predicted octanol–water partition coefficient (Wildman–Crippen LogP) is 4.61. The van der Waals surface area contributed by atoms with Gasteiger partial charge in [-0.05, 0) is 55.4 Å². The van der Waals surface area contributed by atoms with E-state index in [0.29, 0.717) is 11.6 Å². The largest absolute Gasteiger partial charge is 0.507 e. The van der Waals surface area contributed by atoms with Crippen molar-refractivity contribution >= 4 is 16.7 Å². The van der Waals surface area contributed by atoms with Crippen LogP contribution in [0, 0.1) is 5.82 Å². The summed E-state index contributed by atoms with van der Waals surface area (Å²) < 4.78 is 18.5. The van der Waals surface area contributed by atoms with Gasteiger partial charge in [-0.15, -0.1) is 0 Å². The van der Waals surface area contributed by atoms with Gasteiger partial charge in [0, 0.05) is 18.0 Å². The Morgan fingerprint density at radius 2 is 1.81 bits per heavy atom. The highest BCUT2D eigenvalue weighted by atomic mass is 19.1. The van der Waals surface area contributed by atoms with Gasteiger partial charge in [0.2, 0.25) is 0 Å². The molecule has 0 amide bonds. The van der Waals surface area contributed by atoms with Crippen molar-refractivity contribution in [2.75, 3.05) is 25.5 Å². The Morgan fingerprint density at radius 1 is 1.03 bits per heavy atom. The Bertz CT molecular complexity index is 1180. The van der Waals surface area contributed by atoms with E-state index in [1.165, 1.54) is 18.2 Å².